The zero-order valence-electron chi connectivity index (χ0n) is 16.4. The lowest BCUT2D eigenvalue weighted by atomic mass is 9.56. The number of hydrogen-bond acceptors (Lipinski definition) is 5. The standard InChI is InChI=1S/C21H26F2N2O3/c1-4-27-18(26)21(25)16-7-14(11-24)5-6-15(16)10-20(21)8-12(2)17(13(3)9-20)28-19(22)23/h5-7,12-13,17,19H,4,8-10,25H2,1-3H3/t12-,13+,17?,20?,21-/m1/s1. The third-order valence-electron chi connectivity index (χ3n) is 6.43. The Morgan fingerprint density at radius 3 is 2.54 bits per heavy atom. The lowest BCUT2D eigenvalue weighted by molar-refractivity contribution is -0.209. The Bertz CT molecular complexity index is 795. The van der Waals surface area contributed by atoms with Crippen LogP contribution in [0.25, 0.3) is 0 Å². The average Bonchev–Trinajstić information content (AvgIpc) is 2.87. The van der Waals surface area contributed by atoms with Gasteiger partial charge in [-0.05, 0) is 61.3 Å². The van der Waals surface area contributed by atoms with Crippen molar-refractivity contribution in [3.63, 3.8) is 0 Å². The molecule has 5 atom stereocenters. The molecule has 152 valence electrons. The molecule has 0 radical (unpaired) electrons. The highest BCUT2D eigenvalue weighted by atomic mass is 19.3. The van der Waals surface area contributed by atoms with Gasteiger partial charge in [0, 0.05) is 5.41 Å². The second-order valence-corrected chi connectivity index (χ2v) is 8.19. The van der Waals surface area contributed by atoms with E-state index in [1.54, 1.807) is 19.1 Å². The van der Waals surface area contributed by atoms with Crippen molar-refractivity contribution >= 4 is 5.97 Å². The number of esters is 1. The van der Waals surface area contributed by atoms with E-state index in [1.165, 1.54) is 0 Å². The first-order chi connectivity index (χ1) is 13.2. The van der Waals surface area contributed by atoms with Crippen LogP contribution in [-0.4, -0.2) is 25.3 Å². The summed E-state index contributed by atoms with van der Waals surface area (Å²) in [5, 5.41) is 9.29. The van der Waals surface area contributed by atoms with Crippen molar-refractivity contribution in [2.75, 3.05) is 6.61 Å². The predicted molar refractivity (Wildman–Crippen MR) is 98.2 cm³/mol. The molecule has 1 fully saturated rings. The summed E-state index contributed by atoms with van der Waals surface area (Å²) in [4.78, 5) is 13.1. The van der Waals surface area contributed by atoms with Gasteiger partial charge in [0.2, 0.25) is 0 Å². The van der Waals surface area contributed by atoms with Crippen LogP contribution in [0.15, 0.2) is 18.2 Å². The van der Waals surface area contributed by atoms with Gasteiger partial charge in [-0.1, -0.05) is 19.9 Å². The molecule has 1 aromatic carbocycles. The fourth-order valence-corrected chi connectivity index (χ4v) is 5.49. The van der Waals surface area contributed by atoms with Crippen LogP contribution < -0.4 is 5.73 Å². The van der Waals surface area contributed by atoms with E-state index in [1.807, 2.05) is 19.9 Å². The SMILES string of the molecule is CCOC(=O)[C@]1(N)c2cc(C#N)ccc2CC12C[C@@H](C)C(OC(F)F)[C@@H](C)C2. The van der Waals surface area contributed by atoms with E-state index >= 15 is 0 Å². The smallest absolute Gasteiger partial charge is 0.345 e. The number of nitriles is 1. The van der Waals surface area contributed by atoms with Gasteiger partial charge in [-0.3, -0.25) is 0 Å². The Morgan fingerprint density at radius 2 is 2.00 bits per heavy atom. The van der Waals surface area contributed by atoms with Gasteiger partial charge in [0.1, 0.15) is 5.54 Å². The normalized spacial score (nSPS) is 34.3. The molecule has 28 heavy (non-hydrogen) atoms. The van der Waals surface area contributed by atoms with Gasteiger partial charge in [0.05, 0.1) is 24.3 Å². The van der Waals surface area contributed by atoms with Gasteiger partial charge < -0.3 is 15.2 Å². The van der Waals surface area contributed by atoms with Gasteiger partial charge in [-0.2, -0.15) is 14.0 Å². The fraction of sp³-hybridized carbons (Fsp3) is 0.619. The molecule has 7 heteroatoms. The molecule has 0 bridgehead atoms. The minimum absolute atomic E-state index is 0.184. The number of fused-ring (bicyclic) bond motifs is 1. The van der Waals surface area contributed by atoms with Crippen LogP contribution in [0, 0.1) is 28.6 Å². The van der Waals surface area contributed by atoms with Crippen molar-refractivity contribution in [1.29, 1.82) is 5.26 Å². The molecule has 3 rings (SSSR count). The Hall–Kier alpha value is -2.04. The van der Waals surface area contributed by atoms with E-state index in [0.717, 1.165) is 5.56 Å². The van der Waals surface area contributed by atoms with E-state index in [0.29, 0.717) is 30.4 Å². The monoisotopic (exact) mass is 392 g/mol. The maximum absolute atomic E-state index is 13.1. The van der Waals surface area contributed by atoms with Gasteiger partial charge in [-0.25, -0.2) is 4.79 Å². The van der Waals surface area contributed by atoms with Crippen molar-refractivity contribution < 1.29 is 23.0 Å². The quantitative estimate of drug-likeness (QED) is 0.793. The summed E-state index contributed by atoms with van der Waals surface area (Å²) >= 11 is 0. The summed E-state index contributed by atoms with van der Waals surface area (Å²) in [5.41, 5.74) is 6.67. The zero-order chi connectivity index (χ0) is 20.7. The molecule has 2 aliphatic rings. The molecule has 0 heterocycles. The zero-order valence-corrected chi connectivity index (χ0v) is 16.4. The van der Waals surface area contributed by atoms with Crippen molar-refractivity contribution in [3.8, 4) is 6.07 Å². The van der Waals surface area contributed by atoms with Crippen LogP contribution in [0.2, 0.25) is 0 Å². The number of rotatable bonds is 4. The molecule has 0 amide bonds. The number of nitrogens with zero attached hydrogens (tertiary/aromatic N) is 1. The summed E-state index contributed by atoms with van der Waals surface area (Å²) < 4.78 is 35.9. The summed E-state index contributed by atoms with van der Waals surface area (Å²) in [6.07, 6.45) is 0.858. The highest BCUT2D eigenvalue weighted by Crippen LogP contribution is 2.59. The maximum Gasteiger partial charge on any atom is 0.345 e. The number of carbonyl (C=O) groups excluding carboxylic acids is 1. The minimum atomic E-state index is -2.84. The second-order valence-electron chi connectivity index (χ2n) is 8.19. The van der Waals surface area contributed by atoms with Gasteiger partial charge >= 0.3 is 12.6 Å². The summed E-state index contributed by atoms with van der Waals surface area (Å²) in [6.45, 7) is 2.78. The van der Waals surface area contributed by atoms with Gasteiger partial charge in [0.25, 0.3) is 0 Å². The van der Waals surface area contributed by atoms with Crippen LogP contribution in [0.5, 0.6) is 0 Å². The fourth-order valence-electron chi connectivity index (χ4n) is 5.49. The number of alkyl halides is 2. The highest BCUT2D eigenvalue weighted by Gasteiger charge is 2.63. The minimum Gasteiger partial charge on any atom is -0.464 e. The number of hydrogen-bond donors (Lipinski definition) is 1. The lowest BCUT2D eigenvalue weighted by Gasteiger charge is -2.51. The predicted octanol–water partition coefficient (Wildman–Crippen LogP) is 3.49. The Labute approximate surface area is 163 Å². The molecule has 5 nitrogen and oxygen atoms in total. The van der Waals surface area contributed by atoms with Gasteiger partial charge in [-0.15, -0.1) is 0 Å². The van der Waals surface area contributed by atoms with Crippen LogP contribution in [0.1, 0.15) is 50.3 Å². The van der Waals surface area contributed by atoms with Crippen LogP contribution >= 0.6 is 0 Å². The van der Waals surface area contributed by atoms with Crippen molar-refractivity contribution in [3.05, 3.63) is 34.9 Å². The maximum atomic E-state index is 13.1. The molecule has 0 saturated heterocycles. The molecule has 0 aliphatic heterocycles. The van der Waals surface area contributed by atoms with Crippen LogP contribution in [0.4, 0.5) is 8.78 Å². The van der Waals surface area contributed by atoms with E-state index in [9.17, 15) is 18.8 Å². The number of halogens is 2. The lowest BCUT2D eigenvalue weighted by Crippen LogP contribution is -2.60. The molecule has 1 saturated carbocycles. The van der Waals surface area contributed by atoms with E-state index in [2.05, 4.69) is 6.07 Å². The number of ether oxygens (including phenoxy) is 2. The molecule has 2 unspecified atom stereocenters. The summed E-state index contributed by atoms with van der Waals surface area (Å²) in [6, 6.07) is 7.30. The molecule has 1 spiro atoms. The molecule has 1 aromatic rings. The van der Waals surface area contributed by atoms with Gasteiger partial charge in [0.15, 0.2) is 0 Å². The number of carbonyl (C=O) groups is 1. The Morgan fingerprint density at radius 1 is 1.36 bits per heavy atom. The third kappa shape index (κ3) is 3.09. The Kier molecular flexibility index (Phi) is 5.48. The van der Waals surface area contributed by atoms with Crippen molar-refractivity contribution in [2.24, 2.45) is 23.0 Å². The number of nitrogens with two attached hydrogens (primary N) is 1. The summed E-state index contributed by atoms with van der Waals surface area (Å²) in [5.74, 6) is -0.948. The first kappa shape index (κ1) is 20.7. The largest absolute Gasteiger partial charge is 0.464 e. The number of benzene rings is 1. The highest BCUT2D eigenvalue weighted by molar-refractivity contribution is 5.86. The average molecular weight is 392 g/mol. The molecular weight excluding hydrogens is 366 g/mol. The van der Waals surface area contributed by atoms with E-state index < -0.39 is 29.6 Å². The van der Waals surface area contributed by atoms with Crippen molar-refractivity contribution in [1.82, 2.24) is 0 Å². The first-order valence-electron chi connectivity index (χ1n) is 9.61. The van der Waals surface area contributed by atoms with E-state index in [-0.39, 0.29) is 18.4 Å². The van der Waals surface area contributed by atoms with Crippen molar-refractivity contribution in [2.45, 2.75) is 58.3 Å². The topological polar surface area (TPSA) is 85.3 Å². The molecule has 2 N–H and O–H groups in total. The first-order valence-corrected chi connectivity index (χ1v) is 9.61. The molecule has 2 aliphatic carbocycles. The van der Waals surface area contributed by atoms with Crippen LogP contribution in [-0.2, 0) is 26.2 Å². The second kappa shape index (κ2) is 7.41. The van der Waals surface area contributed by atoms with Crippen LogP contribution in [0.3, 0.4) is 0 Å². The van der Waals surface area contributed by atoms with E-state index in [4.69, 9.17) is 15.2 Å². The molecular formula is C21H26F2N2O3. The third-order valence-corrected chi connectivity index (χ3v) is 6.43. The Balaban J connectivity index is 2.07. The molecule has 0 aromatic heterocycles. The summed E-state index contributed by atoms with van der Waals surface area (Å²) in [7, 11) is 0.